The SMILES string of the molecule is CC(C)(C)C1CCc2nc(CO)[nH]c2C1. The molecule has 1 aliphatic rings. The third-order valence-electron chi connectivity index (χ3n) is 3.47. The number of nitrogens with zero attached hydrogens (tertiary/aromatic N) is 1. The van der Waals surface area contributed by atoms with E-state index in [1.165, 1.54) is 17.8 Å². The lowest BCUT2D eigenvalue weighted by Crippen LogP contribution is -2.26. The molecule has 15 heavy (non-hydrogen) atoms. The lowest BCUT2D eigenvalue weighted by Gasteiger charge is -2.33. The summed E-state index contributed by atoms with van der Waals surface area (Å²) in [6.07, 6.45) is 3.34. The predicted molar refractivity (Wildman–Crippen MR) is 59.5 cm³/mol. The molecule has 0 saturated carbocycles. The van der Waals surface area contributed by atoms with Gasteiger partial charge in [-0.3, -0.25) is 0 Å². The molecule has 2 N–H and O–H groups in total. The molecule has 1 atom stereocenters. The van der Waals surface area contributed by atoms with Crippen LogP contribution in [0.15, 0.2) is 0 Å². The number of fused-ring (bicyclic) bond motifs is 1. The molecule has 1 aromatic rings. The van der Waals surface area contributed by atoms with Gasteiger partial charge < -0.3 is 10.1 Å². The molecule has 0 spiro atoms. The quantitative estimate of drug-likeness (QED) is 0.742. The van der Waals surface area contributed by atoms with E-state index in [1.54, 1.807) is 0 Å². The zero-order chi connectivity index (χ0) is 11.1. The van der Waals surface area contributed by atoms with Gasteiger partial charge in [0.05, 0.1) is 5.69 Å². The van der Waals surface area contributed by atoms with Gasteiger partial charge in [0, 0.05) is 5.69 Å². The molecule has 3 nitrogen and oxygen atoms in total. The van der Waals surface area contributed by atoms with Crippen LogP contribution in [0.5, 0.6) is 0 Å². The number of nitrogens with one attached hydrogen (secondary N) is 1. The number of aromatic amines is 1. The predicted octanol–water partition coefficient (Wildman–Crippen LogP) is 2.05. The van der Waals surface area contributed by atoms with Gasteiger partial charge in [0.15, 0.2) is 0 Å². The highest BCUT2D eigenvalue weighted by Gasteiger charge is 2.30. The molecule has 0 saturated heterocycles. The minimum atomic E-state index is 0.0210. The summed E-state index contributed by atoms with van der Waals surface area (Å²) in [6, 6.07) is 0. The summed E-state index contributed by atoms with van der Waals surface area (Å²) in [5, 5.41) is 9.02. The Morgan fingerprint density at radius 2 is 2.20 bits per heavy atom. The molecule has 1 heterocycles. The van der Waals surface area contributed by atoms with E-state index in [-0.39, 0.29) is 6.61 Å². The van der Waals surface area contributed by atoms with Gasteiger partial charge in [-0.15, -0.1) is 0 Å². The van der Waals surface area contributed by atoms with Crippen molar-refractivity contribution in [1.29, 1.82) is 0 Å². The van der Waals surface area contributed by atoms with Crippen LogP contribution in [0.1, 0.15) is 44.4 Å². The Hall–Kier alpha value is -0.830. The Morgan fingerprint density at radius 3 is 2.80 bits per heavy atom. The molecule has 0 fully saturated rings. The number of aromatic nitrogens is 2. The molecule has 1 aliphatic carbocycles. The summed E-state index contributed by atoms with van der Waals surface area (Å²) in [4.78, 5) is 7.60. The van der Waals surface area contributed by atoms with Crippen molar-refractivity contribution in [2.45, 2.75) is 46.6 Å². The van der Waals surface area contributed by atoms with E-state index in [1.807, 2.05) is 0 Å². The van der Waals surface area contributed by atoms with Crippen molar-refractivity contribution in [1.82, 2.24) is 9.97 Å². The second-order valence-electron chi connectivity index (χ2n) is 5.57. The van der Waals surface area contributed by atoms with E-state index >= 15 is 0 Å². The summed E-state index contributed by atoms with van der Waals surface area (Å²) in [6.45, 7) is 6.91. The monoisotopic (exact) mass is 208 g/mol. The first-order chi connectivity index (χ1) is 7.00. The molecule has 2 rings (SSSR count). The Balaban J connectivity index is 2.19. The van der Waals surface area contributed by atoms with Crippen molar-refractivity contribution >= 4 is 0 Å². The van der Waals surface area contributed by atoms with Crippen LogP contribution < -0.4 is 0 Å². The van der Waals surface area contributed by atoms with E-state index in [4.69, 9.17) is 5.11 Å². The Bertz CT molecular complexity index is 349. The number of imidazole rings is 1. The first-order valence-electron chi connectivity index (χ1n) is 5.68. The highest BCUT2D eigenvalue weighted by Crippen LogP contribution is 2.36. The van der Waals surface area contributed by atoms with Gasteiger partial charge in [-0.2, -0.15) is 0 Å². The standard InChI is InChI=1S/C12H20N2O/c1-12(2,3)8-4-5-9-10(6-8)14-11(7-15)13-9/h8,15H,4-7H2,1-3H3,(H,13,14). The van der Waals surface area contributed by atoms with Gasteiger partial charge in [-0.25, -0.2) is 4.98 Å². The zero-order valence-electron chi connectivity index (χ0n) is 9.80. The van der Waals surface area contributed by atoms with E-state index in [9.17, 15) is 0 Å². The highest BCUT2D eigenvalue weighted by molar-refractivity contribution is 5.19. The summed E-state index contributed by atoms with van der Waals surface area (Å²) < 4.78 is 0. The number of aliphatic hydroxyl groups is 1. The molecule has 1 aromatic heterocycles. The van der Waals surface area contributed by atoms with Crippen LogP contribution in [0.4, 0.5) is 0 Å². The lowest BCUT2D eigenvalue weighted by molar-refractivity contribution is 0.214. The first kappa shape index (κ1) is 10.7. The molecule has 0 amide bonds. The Kier molecular flexibility index (Phi) is 2.59. The third kappa shape index (κ3) is 2.07. The number of hydrogen-bond acceptors (Lipinski definition) is 2. The van der Waals surface area contributed by atoms with Crippen molar-refractivity contribution in [2.24, 2.45) is 11.3 Å². The maximum Gasteiger partial charge on any atom is 0.132 e. The molecule has 84 valence electrons. The van der Waals surface area contributed by atoms with Crippen LogP contribution in [-0.4, -0.2) is 15.1 Å². The summed E-state index contributed by atoms with van der Waals surface area (Å²) in [7, 11) is 0. The number of aliphatic hydroxyl groups excluding tert-OH is 1. The Morgan fingerprint density at radius 1 is 1.47 bits per heavy atom. The summed E-state index contributed by atoms with van der Waals surface area (Å²) in [5.74, 6) is 1.44. The second-order valence-corrected chi connectivity index (χ2v) is 5.57. The van der Waals surface area contributed by atoms with Crippen molar-refractivity contribution < 1.29 is 5.11 Å². The van der Waals surface area contributed by atoms with Gasteiger partial charge in [0.2, 0.25) is 0 Å². The normalized spacial score (nSPS) is 21.5. The van der Waals surface area contributed by atoms with Crippen LogP contribution in [0.2, 0.25) is 0 Å². The van der Waals surface area contributed by atoms with E-state index < -0.39 is 0 Å². The number of rotatable bonds is 1. The van der Waals surface area contributed by atoms with Crippen molar-refractivity contribution in [3.8, 4) is 0 Å². The van der Waals surface area contributed by atoms with Gasteiger partial charge in [-0.1, -0.05) is 20.8 Å². The van der Waals surface area contributed by atoms with Gasteiger partial charge >= 0.3 is 0 Å². The minimum absolute atomic E-state index is 0.0210. The van der Waals surface area contributed by atoms with Gasteiger partial charge in [0.1, 0.15) is 12.4 Å². The van der Waals surface area contributed by atoms with Crippen LogP contribution in [0.25, 0.3) is 0 Å². The average molecular weight is 208 g/mol. The molecule has 3 heteroatoms. The lowest BCUT2D eigenvalue weighted by atomic mass is 9.73. The van der Waals surface area contributed by atoms with Crippen molar-refractivity contribution in [3.05, 3.63) is 17.2 Å². The molecular formula is C12H20N2O. The average Bonchev–Trinajstić information content (AvgIpc) is 2.57. The fourth-order valence-corrected chi connectivity index (χ4v) is 2.35. The van der Waals surface area contributed by atoms with E-state index in [0.29, 0.717) is 5.41 Å². The smallest absolute Gasteiger partial charge is 0.132 e. The largest absolute Gasteiger partial charge is 0.388 e. The van der Waals surface area contributed by atoms with Crippen molar-refractivity contribution in [3.63, 3.8) is 0 Å². The number of aryl methyl sites for hydroxylation is 1. The van der Waals surface area contributed by atoms with Crippen molar-refractivity contribution in [2.75, 3.05) is 0 Å². The topological polar surface area (TPSA) is 48.9 Å². The molecule has 0 bridgehead atoms. The minimum Gasteiger partial charge on any atom is -0.388 e. The fourth-order valence-electron chi connectivity index (χ4n) is 2.35. The fraction of sp³-hybridized carbons (Fsp3) is 0.750. The first-order valence-corrected chi connectivity index (χ1v) is 5.68. The third-order valence-corrected chi connectivity index (χ3v) is 3.47. The maximum atomic E-state index is 9.02. The summed E-state index contributed by atoms with van der Waals surface area (Å²) in [5.41, 5.74) is 2.77. The van der Waals surface area contributed by atoms with E-state index in [2.05, 4.69) is 30.7 Å². The van der Waals surface area contributed by atoms with Gasteiger partial charge in [-0.05, 0) is 30.6 Å². The molecule has 1 unspecified atom stereocenters. The number of H-pyrrole nitrogens is 1. The summed E-state index contributed by atoms with van der Waals surface area (Å²) >= 11 is 0. The Labute approximate surface area is 90.9 Å². The maximum absolute atomic E-state index is 9.02. The van der Waals surface area contributed by atoms with E-state index in [0.717, 1.165) is 24.6 Å². The van der Waals surface area contributed by atoms with Crippen LogP contribution >= 0.6 is 0 Å². The van der Waals surface area contributed by atoms with Crippen LogP contribution in [0.3, 0.4) is 0 Å². The van der Waals surface area contributed by atoms with Gasteiger partial charge in [0.25, 0.3) is 0 Å². The molecule has 0 aliphatic heterocycles. The molecular weight excluding hydrogens is 188 g/mol. The molecule has 0 aromatic carbocycles. The number of hydrogen-bond donors (Lipinski definition) is 2. The highest BCUT2D eigenvalue weighted by atomic mass is 16.3. The molecule has 0 radical (unpaired) electrons. The van der Waals surface area contributed by atoms with Crippen LogP contribution in [-0.2, 0) is 19.4 Å². The zero-order valence-corrected chi connectivity index (χ0v) is 9.80. The van der Waals surface area contributed by atoms with Crippen LogP contribution in [0, 0.1) is 11.3 Å². The second kappa shape index (κ2) is 3.63.